The maximum Gasteiger partial charge on any atom is 0.127 e. The molecule has 0 aliphatic heterocycles. The average Bonchev–Trinajstić information content (AvgIpc) is 2.03. The Balaban J connectivity index is 2.75. The van der Waals surface area contributed by atoms with Gasteiger partial charge in [-0.25, -0.2) is 4.39 Å². The van der Waals surface area contributed by atoms with Crippen LogP contribution in [0.15, 0.2) is 22.7 Å². The van der Waals surface area contributed by atoms with E-state index >= 15 is 0 Å². The summed E-state index contributed by atoms with van der Waals surface area (Å²) in [6, 6.07) is 4.90. The molecular formula is C10H12BrFO. The van der Waals surface area contributed by atoms with Gasteiger partial charge in [0, 0.05) is 10.0 Å². The van der Waals surface area contributed by atoms with Gasteiger partial charge in [0.15, 0.2) is 0 Å². The molecule has 72 valence electrons. The van der Waals surface area contributed by atoms with Crippen molar-refractivity contribution in [1.82, 2.24) is 0 Å². The molecule has 3 heteroatoms. The van der Waals surface area contributed by atoms with E-state index in [0.29, 0.717) is 18.4 Å². The van der Waals surface area contributed by atoms with Gasteiger partial charge in [-0.1, -0.05) is 22.0 Å². The number of hydrogen-bond acceptors (Lipinski definition) is 1. The lowest BCUT2D eigenvalue weighted by Crippen LogP contribution is -2.03. The van der Waals surface area contributed by atoms with Crippen molar-refractivity contribution in [2.45, 2.75) is 25.9 Å². The molecule has 0 aromatic heterocycles. The molecule has 0 aliphatic carbocycles. The first kappa shape index (κ1) is 10.7. The molecule has 0 heterocycles. The molecular weight excluding hydrogens is 235 g/mol. The summed E-state index contributed by atoms with van der Waals surface area (Å²) in [6.45, 7) is 1.70. The fraction of sp³-hybridized carbons (Fsp3) is 0.400. The maximum atomic E-state index is 13.2. The van der Waals surface area contributed by atoms with Crippen molar-refractivity contribution < 1.29 is 9.50 Å². The summed E-state index contributed by atoms with van der Waals surface area (Å²) in [5.74, 6) is -0.213. The third kappa shape index (κ3) is 3.08. The second-order valence-corrected chi connectivity index (χ2v) is 3.94. The standard InChI is InChI=1S/C10H12BrFO/c1-7(13)5-6-8-9(11)3-2-4-10(8)12/h2-4,7,13H,5-6H2,1H3. The molecule has 0 saturated carbocycles. The topological polar surface area (TPSA) is 20.2 Å². The molecule has 0 spiro atoms. The van der Waals surface area contributed by atoms with Crippen molar-refractivity contribution in [1.29, 1.82) is 0 Å². The molecule has 0 fully saturated rings. The Morgan fingerprint density at radius 2 is 2.23 bits per heavy atom. The van der Waals surface area contributed by atoms with E-state index in [-0.39, 0.29) is 11.9 Å². The van der Waals surface area contributed by atoms with E-state index in [2.05, 4.69) is 15.9 Å². The minimum absolute atomic E-state index is 0.213. The van der Waals surface area contributed by atoms with Gasteiger partial charge in [0.1, 0.15) is 5.82 Å². The van der Waals surface area contributed by atoms with Crippen LogP contribution in [-0.4, -0.2) is 11.2 Å². The molecule has 1 rings (SSSR count). The van der Waals surface area contributed by atoms with Crippen LogP contribution < -0.4 is 0 Å². The largest absolute Gasteiger partial charge is 0.393 e. The summed E-state index contributed by atoms with van der Waals surface area (Å²) in [4.78, 5) is 0. The highest BCUT2D eigenvalue weighted by Gasteiger charge is 2.07. The molecule has 0 aliphatic rings. The summed E-state index contributed by atoms with van der Waals surface area (Å²) < 4.78 is 14.0. The number of halogens is 2. The fourth-order valence-corrected chi connectivity index (χ4v) is 1.66. The number of rotatable bonds is 3. The summed E-state index contributed by atoms with van der Waals surface area (Å²) in [5, 5.41) is 9.06. The number of hydrogen-bond donors (Lipinski definition) is 1. The quantitative estimate of drug-likeness (QED) is 0.870. The molecule has 1 unspecified atom stereocenters. The molecule has 1 atom stereocenters. The zero-order valence-electron chi connectivity index (χ0n) is 7.43. The van der Waals surface area contributed by atoms with Crippen molar-refractivity contribution >= 4 is 15.9 Å². The van der Waals surface area contributed by atoms with Crippen LogP contribution in [0.3, 0.4) is 0 Å². The van der Waals surface area contributed by atoms with Crippen LogP contribution in [-0.2, 0) is 6.42 Å². The zero-order chi connectivity index (χ0) is 9.84. The Morgan fingerprint density at radius 1 is 1.54 bits per heavy atom. The van der Waals surface area contributed by atoms with Crippen LogP contribution in [0, 0.1) is 5.82 Å². The Hall–Kier alpha value is -0.410. The van der Waals surface area contributed by atoms with Crippen LogP contribution in [0.2, 0.25) is 0 Å². The third-order valence-corrected chi connectivity index (χ3v) is 2.62. The van der Waals surface area contributed by atoms with Crippen LogP contribution in [0.25, 0.3) is 0 Å². The molecule has 0 radical (unpaired) electrons. The molecule has 13 heavy (non-hydrogen) atoms. The van der Waals surface area contributed by atoms with Crippen molar-refractivity contribution in [3.63, 3.8) is 0 Å². The van der Waals surface area contributed by atoms with Crippen molar-refractivity contribution in [3.8, 4) is 0 Å². The van der Waals surface area contributed by atoms with Gasteiger partial charge in [0.25, 0.3) is 0 Å². The Morgan fingerprint density at radius 3 is 2.77 bits per heavy atom. The van der Waals surface area contributed by atoms with Gasteiger partial charge in [-0.05, 0) is 31.9 Å². The molecule has 1 N–H and O–H groups in total. The Labute approximate surface area is 85.7 Å². The smallest absolute Gasteiger partial charge is 0.127 e. The van der Waals surface area contributed by atoms with E-state index < -0.39 is 0 Å². The molecule has 1 aromatic carbocycles. The van der Waals surface area contributed by atoms with Crippen LogP contribution >= 0.6 is 15.9 Å². The number of aliphatic hydroxyl groups is 1. The van der Waals surface area contributed by atoms with Gasteiger partial charge in [0.05, 0.1) is 6.10 Å². The van der Waals surface area contributed by atoms with Gasteiger partial charge in [0.2, 0.25) is 0 Å². The van der Waals surface area contributed by atoms with Crippen LogP contribution in [0.4, 0.5) is 4.39 Å². The van der Waals surface area contributed by atoms with Crippen LogP contribution in [0.5, 0.6) is 0 Å². The summed E-state index contributed by atoms with van der Waals surface area (Å²) in [5.41, 5.74) is 0.642. The fourth-order valence-electron chi connectivity index (χ4n) is 1.12. The molecule has 0 saturated heterocycles. The highest BCUT2D eigenvalue weighted by Crippen LogP contribution is 2.21. The summed E-state index contributed by atoms with van der Waals surface area (Å²) in [6.07, 6.45) is 0.760. The Kier molecular flexibility index (Phi) is 3.88. The number of aliphatic hydroxyl groups excluding tert-OH is 1. The van der Waals surface area contributed by atoms with Gasteiger partial charge in [-0.15, -0.1) is 0 Å². The molecule has 1 nitrogen and oxygen atoms in total. The minimum Gasteiger partial charge on any atom is -0.393 e. The highest BCUT2D eigenvalue weighted by molar-refractivity contribution is 9.10. The third-order valence-electron chi connectivity index (χ3n) is 1.87. The predicted molar refractivity (Wildman–Crippen MR) is 54.1 cm³/mol. The van der Waals surface area contributed by atoms with E-state index in [1.807, 2.05) is 0 Å². The van der Waals surface area contributed by atoms with E-state index in [0.717, 1.165) is 4.47 Å². The van der Waals surface area contributed by atoms with Crippen molar-refractivity contribution in [3.05, 3.63) is 34.1 Å². The zero-order valence-corrected chi connectivity index (χ0v) is 9.01. The normalized spacial score (nSPS) is 12.9. The molecule has 1 aromatic rings. The minimum atomic E-state index is -0.383. The second-order valence-electron chi connectivity index (χ2n) is 3.09. The predicted octanol–water partition coefficient (Wildman–Crippen LogP) is 2.90. The molecule has 0 amide bonds. The van der Waals surface area contributed by atoms with Gasteiger partial charge in [-0.3, -0.25) is 0 Å². The van der Waals surface area contributed by atoms with Gasteiger partial charge in [-0.2, -0.15) is 0 Å². The van der Waals surface area contributed by atoms with Gasteiger partial charge < -0.3 is 5.11 Å². The van der Waals surface area contributed by atoms with E-state index in [1.54, 1.807) is 19.1 Å². The first-order valence-electron chi connectivity index (χ1n) is 4.22. The van der Waals surface area contributed by atoms with E-state index in [4.69, 9.17) is 5.11 Å². The monoisotopic (exact) mass is 246 g/mol. The second kappa shape index (κ2) is 4.72. The van der Waals surface area contributed by atoms with Gasteiger partial charge >= 0.3 is 0 Å². The first-order valence-corrected chi connectivity index (χ1v) is 5.01. The lowest BCUT2D eigenvalue weighted by molar-refractivity contribution is 0.184. The summed E-state index contributed by atoms with van der Waals surface area (Å²) >= 11 is 3.28. The first-order chi connectivity index (χ1) is 6.11. The SMILES string of the molecule is CC(O)CCc1c(F)cccc1Br. The Bertz CT molecular complexity index is 266. The van der Waals surface area contributed by atoms with Crippen LogP contribution in [0.1, 0.15) is 18.9 Å². The lowest BCUT2D eigenvalue weighted by atomic mass is 10.1. The maximum absolute atomic E-state index is 13.2. The average molecular weight is 247 g/mol. The molecule has 0 bridgehead atoms. The van der Waals surface area contributed by atoms with Crippen molar-refractivity contribution in [2.24, 2.45) is 0 Å². The highest BCUT2D eigenvalue weighted by atomic mass is 79.9. The van der Waals surface area contributed by atoms with E-state index in [9.17, 15) is 4.39 Å². The van der Waals surface area contributed by atoms with Crippen molar-refractivity contribution in [2.75, 3.05) is 0 Å². The lowest BCUT2D eigenvalue weighted by Gasteiger charge is -2.07. The van der Waals surface area contributed by atoms with E-state index in [1.165, 1.54) is 6.07 Å². The summed E-state index contributed by atoms with van der Waals surface area (Å²) in [7, 11) is 0. The number of benzene rings is 1.